The Labute approximate surface area is 117 Å². The number of carbonyl (C=O) groups is 1. The highest BCUT2D eigenvalue weighted by Gasteiger charge is 2.13. The molecular formula is C15H17ClFNO. The summed E-state index contributed by atoms with van der Waals surface area (Å²) in [6.07, 6.45) is 7.31. The van der Waals surface area contributed by atoms with Crippen LogP contribution in [-0.4, -0.2) is 23.9 Å². The topological polar surface area (TPSA) is 20.3 Å². The number of carbonyl (C=O) groups excluding carboxylic acids is 1. The van der Waals surface area contributed by atoms with Gasteiger partial charge in [0.1, 0.15) is 5.82 Å². The maximum atomic E-state index is 13.5. The van der Waals surface area contributed by atoms with Gasteiger partial charge in [-0.2, -0.15) is 0 Å². The molecule has 2 rings (SSSR count). The van der Waals surface area contributed by atoms with Crippen LogP contribution in [-0.2, 0) is 4.79 Å². The van der Waals surface area contributed by atoms with Gasteiger partial charge in [0.2, 0.25) is 5.91 Å². The van der Waals surface area contributed by atoms with Gasteiger partial charge in [-0.25, -0.2) is 4.39 Å². The average Bonchev–Trinajstić information content (AvgIpc) is 2.66. The van der Waals surface area contributed by atoms with Crippen LogP contribution >= 0.6 is 11.6 Å². The molecule has 4 heteroatoms. The second-order valence-corrected chi connectivity index (χ2v) is 5.12. The van der Waals surface area contributed by atoms with Gasteiger partial charge >= 0.3 is 0 Å². The lowest BCUT2D eigenvalue weighted by Crippen LogP contribution is -2.30. The van der Waals surface area contributed by atoms with Crippen LogP contribution in [0.5, 0.6) is 0 Å². The van der Waals surface area contributed by atoms with E-state index in [-0.39, 0.29) is 11.5 Å². The molecule has 0 unspecified atom stereocenters. The predicted octanol–water partition coefficient (Wildman–Crippen LogP) is 3.89. The van der Waals surface area contributed by atoms with Crippen molar-refractivity contribution < 1.29 is 9.18 Å². The fourth-order valence-corrected chi connectivity index (χ4v) is 2.45. The summed E-state index contributed by atoms with van der Waals surface area (Å²) in [6.45, 7) is 1.57. The van der Waals surface area contributed by atoms with Gasteiger partial charge in [0.25, 0.3) is 0 Å². The fourth-order valence-electron chi connectivity index (χ4n) is 2.22. The van der Waals surface area contributed by atoms with Gasteiger partial charge in [0.05, 0.1) is 5.02 Å². The first kappa shape index (κ1) is 14.1. The first-order chi connectivity index (χ1) is 9.18. The molecule has 1 aliphatic rings. The zero-order valence-electron chi connectivity index (χ0n) is 10.7. The smallest absolute Gasteiger partial charge is 0.246 e. The fraction of sp³-hybridized carbons (Fsp3) is 0.400. The second kappa shape index (κ2) is 6.71. The summed E-state index contributed by atoms with van der Waals surface area (Å²) in [5.74, 6) is -0.478. The zero-order valence-corrected chi connectivity index (χ0v) is 11.5. The van der Waals surface area contributed by atoms with E-state index in [1.54, 1.807) is 12.1 Å². The van der Waals surface area contributed by atoms with Gasteiger partial charge in [0, 0.05) is 24.7 Å². The SMILES string of the molecule is O=C(/C=C/c1c(F)cccc1Cl)N1CCCCCC1. The van der Waals surface area contributed by atoms with Gasteiger partial charge in [-0.3, -0.25) is 4.79 Å². The quantitative estimate of drug-likeness (QED) is 0.753. The monoisotopic (exact) mass is 281 g/mol. The Morgan fingerprint density at radius 3 is 2.53 bits per heavy atom. The molecule has 1 aromatic carbocycles. The molecule has 0 aromatic heterocycles. The van der Waals surface area contributed by atoms with Crippen molar-refractivity contribution >= 4 is 23.6 Å². The number of rotatable bonds is 2. The summed E-state index contributed by atoms with van der Waals surface area (Å²) < 4.78 is 13.5. The molecule has 0 aliphatic carbocycles. The molecule has 1 aliphatic heterocycles. The number of nitrogens with zero attached hydrogens (tertiary/aromatic N) is 1. The van der Waals surface area contributed by atoms with Gasteiger partial charge in [0.15, 0.2) is 0 Å². The average molecular weight is 282 g/mol. The van der Waals surface area contributed by atoms with Gasteiger partial charge < -0.3 is 4.90 Å². The van der Waals surface area contributed by atoms with Gasteiger partial charge in [-0.1, -0.05) is 30.5 Å². The zero-order chi connectivity index (χ0) is 13.7. The summed E-state index contributed by atoms with van der Waals surface area (Å²) in [5.41, 5.74) is 0.271. The van der Waals surface area contributed by atoms with Crippen LogP contribution in [0, 0.1) is 5.82 Å². The minimum absolute atomic E-state index is 0.0683. The van der Waals surface area contributed by atoms with Crippen molar-refractivity contribution in [1.82, 2.24) is 4.90 Å². The van der Waals surface area contributed by atoms with Gasteiger partial charge in [-0.05, 0) is 31.1 Å². The molecule has 0 radical (unpaired) electrons. The summed E-state index contributed by atoms with van der Waals surface area (Å²) in [7, 11) is 0. The first-order valence-corrected chi connectivity index (χ1v) is 6.97. The van der Waals surface area contributed by atoms with Gasteiger partial charge in [-0.15, -0.1) is 0 Å². The lowest BCUT2D eigenvalue weighted by Gasteiger charge is -2.18. The minimum atomic E-state index is -0.410. The largest absolute Gasteiger partial charge is 0.339 e. The van der Waals surface area contributed by atoms with Crippen molar-refractivity contribution in [3.63, 3.8) is 0 Å². The van der Waals surface area contributed by atoms with E-state index < -0.39 is 5.82 Å². The van der Waals surface area contributed by atoms with Crippen LogP contribution in [0.15, 0.2) is 24.3 Å². The molecule has 102 valence electrons. The highest BCUT2D eigenvalue weighted by Crippen LogP contribution is 2.20. The lowest BCUT2D eigenvalue weighted by molar-refractivity contribution is -0.125. The van der Waals surface area contributed by atoms with Crippen molar-refractivity contribution in [2.45, 2.75) is 25.7 Å². The molecule has 1 amide bonds. The molecule has 1 aromatic rings. The van der Waals surface area contributed by atoms with Crippen LogP contribution in [0.25, 0.3) is 6.08 Å². The van der Waals surface area contributed by atoms with E-state index >= 15 is 0 Å². The number of benzene rings is 1. The first-order valence-electron chi connectivity index (χ1n) is 6.59. The summed E-state index contributed by atoms with van der Waals surface area (Å²) in [5, 5.41) is 0.319. The number of hydrogen-bond acceptors (Lipinski definition) is 1. The van der Waals surface area contributed by atoms with Crippen LogP contribution < -0.4 is 0 Å². The maximum absolute atomic E-state index is 13.5. The third-order valence-electron chi connectivity index (χ3n) is 3.31. The summed E-state index contributed by atoms with van der Waals surface area (Å²) >= 11 is 5.91. The minimum Gasteiger partial charge on any atom is -0.339 e. The van der Waals surface area contributed by atoms with E-state index in [1.807, 2.05) is 4.90 Å². The maximum Gasteiger partial charge on any atom is 0.246 e. The normalized spacial score (nSPS) is 16.6. The van der Waals surface area contributed by atoms with Crippen molar-refractivity contribution in [2.24, 2.45) is 0 Å². The molecule has 0 saturated carbocycles. The van der Waals surface area contributed by atoms with Crippen molar-refractivity contribution in [3.05, 3.63) is 40.7 Å². The summed E-state index contributed by atoms with van der Waals surface area (Å²) in [6, 6.07) is 4.49. The second-order valence-electron chi connectivity index (χ2n) is 4.71. The third kappa shape index (κ3) is 3.80. The Balaban J connectivity index is 2.07. The Morgan fingerprint density at radius 1 is 1.21 bits per heavy atom. The molecule has 19 heavy (non-hydrogen) atoms. The van der Waals surface area contributed by atoms with Crippen molar-refractivity contribution in [2.75, 3.05) is 13.1 Å². The Hall–Kier alpha value is -1.35. The molecule has 0 bridgehead atoms. The molecule has 1 saturated heterocycles. The number of hydrogen-bond donors (Lipinski definition) is 0. The van der Waals surface area contributed by atoms with Crippen molar-refractivity contribution in [1.29, 1.82) is 0 Å². The standard InChI is InChI=1S/C15H17ClFNO/c16-13-6-5-7-14(17)12(13)8-9-15(19)18-10-3-1-2-4-11-18/h5-9H,1-4,10-11H2/b9-8+. The highest BCUT2D eigenvalue weighted by molar-refractivity contribution is 6.32. The Bertz CT molecular complexity index is 459. The summed E-state index contributed by atoms with van der Waals surface area (Å²) in [4.78, 5) is 13.8. The molecular weight excluding hydrogens is 265 g/mol. The lowest BCUT2D eigenvalue weighted by atomic mass is 10.2. The van der Waals surface area contributed by atoms with Crippen molar-refractivity contribution in [3.8, 4) is 0 Å². The molecule has 0 spiro atoms. The predicted molar refractivity (Wildman–Crippen MR) is 75.5 cm³/mol. The van der Waals surface area contributed by atoms with E-state index in [0.29, 0.717) is 5.02 Å². The van der Waals surface area contributed by atoms with E-state index in [9.17, 15) is 9.18 Å². The van der Waals surface area contributed by atoms with E-state index in [2.05, 4.69) is 0 Å². The third-order valence-corrected chi connectivity index (χ3v) is 3.64. The van der Waals surface area contributed by atoms with Crippen LogP contribution in [0.2, 0.25) is 5.02 Å². The molecule has 0 N–H and O–H groups in total. The molecule has 2 nitrogen and oxygen atoms in total. The van der Waals surface area contributed by atoms with E-state index in [0.717, 1.165) is 25.9 Å². The van der Waals surface area contributed by atoms with Crippen LogP contribution in [0.1, 0.15) is 31.2 Å². The van der Waals surface area contributed by atoms with E-state index in [1.165, 1.54) is 31.1 Å². The number of likely N-dealkylation sites (tertiary alicyclic amines) is 1. The number of halogens is 2. The highest BCUT2D eigenvalue weighted by atomic mass is 35.5. The van der Waals surface area contributed by atoms with Crippen LogP contribution in [0.4, 0.5) is 4.39 Å². The Morgan fingerprint density at radius 2 is 1.89 bits per heavy atom. The number of amides is 1. The van der Waals surface area contributed by atoms with Crippen LogP contribution in [0.3, 0.4) is 0 Å². The Kier molecular flexibility index (Phi) is 4.97. The molecule has 0 atom stereocenters. The molecule has 1 fully saturated rings. The van der Waals surface area contributed by atoms with E-state index in [4.69, 9.17) is 11.6 Å². The molecule has 1 heterocycles.